The number of hydrogen-bond acceptors (Lipinski definition) is 6. The van der Waals surface area contributed by atoms with Crippen LogP contribution in [0, 0.1) is 5.92 Å². The molecule has 1 aliphatic rings. The van der Waals surface area contributed by atoms with Gasteiger partial charge in [-0.05, 0) is 74.1 Å². The Morgan fingerprint density at radius 3 is 2.62 bits per heavy atom. The van der Waals surface area contributed by atoms with Crippen molar-refractivity contribution in [2.24, 2.45) is 5.92 Å². The van der Waals surface area contributed by atoms with Gasteiger partial charge in [0.15, 0.2) is 0 Å². The molecule has 0 spiro atoms. The number of para-hydroxylation sites is 1. The van der Waals surface area contributed by atoms with Crippen LogP contribution in [0.2, 0.25) is 0 Å². The van der Waals surface area contributed by atoms with Gasteiger partial charge in [0, 0.05) is 15.8 Å². The Bertz CT molecular complexity index is 1460. The van der Waals surface area contributed by atoms with Crippen LogP contribution in [-0.2, 0) is 17.6 Å². The maximum Gasteiger partial charge on any atom is 0.341 e. The third-order valence-electron chi connectivity index (χ3n) is 6.98. The summed E-state index contributed by atoms with van der Waals surface area (Å²) in [4.78, 5) is 32.5. The molecule has 1 aliphatic carbocycles. The van der Waals surface area contributed by atoms with Crippen molar-refractivity contribution in [3.05, 3.63) is 76.2 Å². The molecule has 190 valence electrons. The fourth-order valence-corrected chi connectivity index (χ4v) is 6.32. The summed E-state index contributed by atoms with van der Waals surface area (Å²) in [5, 5.41) is 4.37. The minimum atomic E-state index is -0.405. The fraction of sp³-hybridized carbons (Fsp3) is 0.300. The summed E-state index contributed by atoms with van der Waals surface area (Å²) in [6.45, 7) is 4.74. The molecule has 0 radical (unpaired) electrons. The van der Waals surface area contributed by atoms with E-state index in [0.29, 0.717) is 34.3 Å². The SMILES string of the molecule is CCOc1ccc(-c2cc(C(=O)Nc3sc4c(c3C(=O)OC)CCC(CC)C4)c3ccccc3n2)cc1. The smallest absolute Gasteiger partial charge is 0.341 e. The summed E-state index contributed by atoms with van der Waals surface area (Å²) >= 11 is 1.50. The summed E-state index contributed by atoms with van der Waals surface area (Å²) in [7, 11) is 1.38. The summed E-state index contributed by atoms with van der Waals surface area (Å²) in [6.07, 6.45) is 3.89. The van der Waals surface area contributed by atoms with Gasteiger partial charge in [0.25, 0.3) is 5.91 Å². The first kappa shape index (κ1) is 25.0. The second kappa shape index (κ2) is 10.7. The second-order valence-electron chi connectivity index (χ2n) is 9.20. The van der Waals surface area contributed by atoms with E-state index in [4.69, 9.17) is 14.5 Å². The lowest BCUT2D eigenvalue weighted by atomic mass is 9.85. The molecule has 1 atom stereocenters. The van der Waals surface area contributed by atoms with E-state index in [-0.39, 0.29) is 5.91 Å². The minimum absolute atomic E-state index is 0.276. The van der Waals surface area contributed by atoms with Crippen molar-refractivity contribution >= 4 is 39.1 Å². The van der Waals surface area contributed by atoms with Crippen LogP contribution in [0.15, 0.2) is 54.6 Å². The molecule has 1 unspecified atom stereocenters. The first-order chi connectivity index (χ1) is 18.0. The molecule has 7 heteroatoms. The average Bonchev–Trinajstić information content (AvgIpc) is 3.29. The maximum atomic E-state index is 13.7. The molecule has 0 bridgehead atoms. The van der Waals surface area contributed by atoms with Crippen LogP contribution in [-0.4, -0.2) is 30.6 Å². The molecule has 1 N–H and O–H groups in total. The van der Waals surface area contributed by atoms with E-state index < -0.39 is 5.97 Å². The second-order valence-corrected chi connectivity index (χ2v) is 10.3. The highest BCUT2D eigenvalue weighted by Crippen LogP contribution is 2.41. The van der Waals surface area contributed by atoms with Crippen LogP contribution in [0.3, 0.4) is 0 Å². The number of benzene rings is 2. The largest absolute Gasteiger partial charge is 0.494 e. The zero-order valence-corrected chi connectivity index (χ0v) is 22.1. The van der Waals surface area contributed by atoms with E-state index >= 15 is 0 Å². The molecule has 2 aromatic carbocycles. The topological polar surface area (TPSA) is 77.5 Å². The number of fused-ring (bicyclic) bond motifs is 2. The Morgan fingerprint density at radius 2 is 1.89 bits per heavy atom. The van der Waals surface area contributed by atoms with Crippen LogP contribution >= 0.6 is 11.3 Å². The number of nitrogens with zero attached hydrogens (tertiary/aromatic N) is 1. The molecule has 2 aromatic heterocycles. The number of ether oxygens (including phenoxy) is 2. The van der Waals surface area contributed by atoms with Crippen LogP contribution in [0.5, 0.6) is 5.75 Å². The van der Waals surface area contributed by atoms with Crippen molar-refractivity contribution in [3.63, 3.8) is 0 Å². The van der Waals surface area contributed by atoms with Crippen LogP contribution < -0.4 is 10.1 Å². The number of amides is 1. The van der Waals surface area contributed by atoms with Crippen LogP contribution in [0.1, 0.15) is 57.8 Å². The summed E-state index contributed by atoms with van der Waals surface area (Å²) < 4.78 is 10.7. The van der Waals surface area contributed by atoms with E-state index in [1.54, 1.807) is 0 Å². The molecule has 0 fully saturated rings. The molecule has 0 saturated carbocycles. The highest BCUT2D eigenvalue weighted by atomic mass is 32.1. The lowest BCUT2D eigenvalue weighted by Gasteiger charge is -2.20. The van der Waals surface area contributed by atoms with Gasteiger partial charge in [-0.15, -0.1) is 11.3 Å². The Kier molecular flexibility index (Phi) is 7.24. The number of esters is 1. The number of hydrogen-bond donors (Lipinski definition) is 1. The van der Waals surface area contributed by atoms with Gasteiger partial charge in [0.1, 0.15) is 10.8 Å². The van der Waals surface area contributed by atoms with Gasteiger partial charge >= 0.3 is 5.97 Å². The van der Waals surface area contributed by atoms with Gasteiger partial charge in [-0.3, -0.25) is 4.79 Å². The summed E-state index contributed by atoms with van der Waals surface area (Å²) in [5.41, 5.74) is 4.32. The summed E-state index contributed by atoms with van der Waals surface area (Å²) in [6, 6.07) is 17.1. The van der Waals surface area contributed by atoms with Gasteiger partial charge in [0.05, 0.1) is 36.1 Å². The number of anilines is 1. The Balaban J connectivity index is 1.54. The number of nitrogens with one attached hydrogen (secondary N) is 1. The molecule has 4 aromatic rings. The molecule has 2 heterocycles. The number of carbonyl (C=O) groups excluding carboxylic acids is 2. The van der Waals surface area contributed by atoms with E-state index in [0.717, 1.165) is 53.5 Å². The van der Waals surface area contributed by atoms with E-state index in [9.17, 15) is 9.59 Å². The van der Waals surface area contributed by atoms with Gasteiger partial charge in [-0.2, -0.15) is 0 Å². The van der Waals surface area contributed by atoms with Crippen molar-refractivity contribution in [1.29, 1.82) is 0 Å². The highest BCUT2D eigenvalue weighted by molar-refractivity contribution is 7.17. The molecule has 0 aliphatic heterocycles. The van der Waals surface area contributed by atoms with Gasteiger partial charge < -0.3 is 14.8 Å². The summed E-state index contributed by atoms with van der Waals surface area (Å²) in [5.74, 6) is 0.701. The fourth-order valence-electron chi connectivity index (χ4n) is 4.98. The Hall–Kier alpha value is -3.71. The Morgan fingerprint density at radius 1 is 1.11 bits per heavy atom. The van der Waals surface area contributed by atoms with E-state index in [2.05, 4.69) is 12.2 Å². The predicted octanol–water partition coefficient (Wildman–Crippen LogP) is 6.92. The third-order valence-corrected chi connectivity index (χ3v) is 8.15. The standard InChI is InChI=1S/C30H30N2O4S/c1-4-18-10-15-22-26(16-18)37-29(27(22)30(34)35-3)32-28(33)23-17-25(31-24-9-7-6-8-21(23)24)19-11-13-20(14-12-19)36-5-2/h6-9,11-14,17-18H,4-5,10,15-16H2,1-3H3,(H,32,33). The zero-order valence-electron chi connectivity index (χ0n) is 21.3. The van der Waals surface area contributed by atoms with Gasteiger partial charge in [-0.1, -0.05) is 31.5 Å². The predicted molar refractivity (Wildman–Crippen MR) is 148 cm³/mol. The number of pyridine rings is 1. The molecular formula is C30H30N2O4S. The molecule has 1 amide bonds. The number of aromatic nitrogens is 1. The van der Waals surface area contributed by atoms with Crippen LogP contribution in [0.4, 0.5) is 5.00 Å². The first-order valence-electron chi connectivity index (χ1n) is 12.7. The number of methoxy groups -OCH3 is 1. The number of thiophene rings is 1. The average molecular weight is 515 g/mol. The van der Waals surface area contributed by atoms with Crippen molar-refractivity contribution in [3.8, 4) is 17.0 Å². The number of rotatable bonds is 7. The normalized spacial score (nSPS) is 14.7. The van der Waals surface area contributed by atoms with Crippen molar-refractivity contribution in [1.82, 2.24) is 4.98 Å². The lowest BCUT2D eigenvalue weighted by molar-refractivity contribution is 0.0600. The molecule has 37 heavy (non-hydrogen) atoms. The van der Waals surface area contributed by atoms with Crippen molar-refractivity contribution < 1.29 is 19.1 Å². The highest BCUT2D eigenvalue weighted by Gasteiger charge is 2.30. The van der Waals surface area contributed by atoms with Gasteiger partial charge in [0.2, 0.25) is 0 Å². The van der Waals surface area contributed by atoms with E-state index in [1.807, 2.05) is 61.5 Å². The molecule has 0 saturated heterocycles. The van der Waals surface area contributed by atoms with Crippen molar-refractivity contribution in [2.75, 3.05) is 19.0 Å². The zero-order chi connectivity index (χ0) is 25.9. The quantitative estimate of drug-likeness (QED) is 0.271. The molecular weight excluding hydrogens is 484 g/mol. The monoisotopic (exact) mass is 514 g/mol. The first-order valence-corrected chi connectivity index (χ1v) is 13.5. The Labute approximate surface area is 220 Å². The van der Waals surface area contributed by atoms with E-state index in [1.165, 1.54) is 23.3 Å². The number of carbonyl (C=O) groups is 2. The van der Waals surface area contributed by atoms with Crippen LogP contribution in [0.25, 0.3) is 22.2 Å². The minimum Gasteiger partial charge on any atom is -0.494 e. The maximum absolute atomic E-state index is 13.7. The lowest BCUT2D eigenvalue weighted by Crippen LogP contribution is -2.17. The third kappa shape index (κ3) is 4.96. The molecule has 5 rings (SSSR count). The van der Waals surface area contributed by atoms with Crippen molar-refractivity contribution in [2.45, 2.75) is 39.5 Å². The van der Waals surface area contributed by atoms with Gasteiger partial charge in [-0.25, -0.2) is 9.78 Å². The molecule has 6 nitrogen and oxygen atoms in total.